The quantitative estimate of drug-likeness (QED) is 0.860. The van der Waals surface area contributed by atoms with Crippen molar-refractivity contribution in [3.63, 3.8) is 0 Å². The Bertz CT molecular complexity index is 431. The second kappa shape index (κ2) is 5.93. The number of carboxylic acid groups (broad SMARTS) is 1. The van der Waals surface area contributed by atoms with Crippen LogP contribution < -0.4 is 5.43 Å². The predicted molar refractivity (Wildman–Crippen MR) is 65.6 cm³/mol. The standard InChI is InChI=1S/C13H17FN2O2/c14-12-8-10(4-5-11(12)13(17)18)9-15-16-6-2-1-3-7-16/h4-5,8,15H,1-3,6-7,9H2,(H,17,18). The average molecular weight is 252 g/mol. The molecule has 1 aromatic carbocycles. The van der Waals surface area contributed by atoms with E-state index in [4.69, 9.17) is 5.11 Å². The summed E-state index contributed by atoms with van der Waals surface area (Å²) in [6.45, 7) is 2.54. The molecule has 1 aromatic rings. The molecule has 1 aliphatic rings. The number of piperidine rings is 1. The molecule has 1 heterocycles. The number of hydrogen-bond acceptors (Lipinski definition) is 3. The number of carboxylic acids is 1. The molecular weight excluding hydrogens is 235 g/mol. The summed E-state index contributed by atoms with van der Waals surface area (Å²) in [5, 5.41) is 10.9. The summed E-state index contributed by atoms with van der Waals surface area (Å²) in [5.41, 5.74) is 3.71. The first kappa shape index (κ1) is 13.0. The fraction of sp³-hybridized carbons (Fsp3) is 0.462. The minimum absolute atomic E-state index is 0.281. The highest BCUT2D eigenvalue weighted by Crippen LogP contribution is 2.11. The van der Waals surface area contributed by atoms with E-state index >= 15 is 0 Å². The van der Waals surface area contributed by atoms with Gasteiger partial charge in [-0.3, -0.25) is 5.43 Å². The summed E-state index contributed by atoms with van der Waals surface area (Å²) >= 11 is 0. The zero-order valence-electron chi connectivity index (χ0n) is 10.2. The van der Waals surface area contributed by atoms with Gasteiger partial charge in [0, 0.05) is 19.6 Å². The first-order valence-corrected chi connectivity index (χ1v) is 6.17. The van der Waals surface area contributed by atoms with Gasteiger partial charge < -0.3 is 5.11 Å². The number of rotatable bonds is 4. The monoisotopic (exact) mass is 252 g/mol. The van der Waals surface area contributed by atoms with Crippen molar-refractivity contribution in [2.24, 2.45) is 0 Å². The highest BCUT2D eigenvalue weighted by atomic mass is 19.1. The van der Waals surface area contributed by atoms with Crippen molar-refractivity contribution in [2.75, 3.05) is 13.1 Å². The van der Waals surface area contributed by atoms with Gasteiger partial charge in [0.25, 0.3) is 0 Å². The number of nitrogens with one attached hydrogen (secondary N) is 1. The third kappa shape index (κ3) is 3.27. The van der Waals surface area contributed by atoms with Gasteiger partial charge in [0.15, 0.2) is 0 Å². The van der Waals surface area contributed by atoms with E-state index in [1.807, 2.05) is 0 Å². The molecular formula is C13H17FN2O2. The fourth-order valence-electron chi connectivity index (χ4n) is 2.10. The summed E-state index contributed by atoms with van der Waals surface area (Å²) in [7, 11) is 0. The molecule has 1 fully saturated rings. The molecule has 0 bridgehead atoms. The van der Waals surface area contributed by atoms with Crippen molar-refractivity contribution in [3.05, 3.63) is 35.1 Å². The summed E-state index contributed by atoms with van der Waals surface area (Å²) in [4.78, 5) is 10.7. The van der Waals surface area contributed by atoms with Crippen molar-refractivity contribution in [1.29, 1.82) is 0 Å². The predicted octanol–water partition coefficient (Wildman–Crippen LogP) is 2.01. The zero-order valence-corrected chi connectivity index (χ0v) is 10.2. The number of hydrogen-bond donors (Lipinski definition) is 2. The van der Waals surface area contributed by atoms with Crippen LogP contribution in [0.1, 0.15) is 35.2 Å². The maximum Gasteiger partial charge on any atom is 0.338 e. The van der Waals surface area contributed by atoms with Crippen LogP contribution in [0.2, 0.25) is 0 Å². The maximum absolute atomic E-state index is 13.4. The van der Waals surface area contributed by atoms with E-state index in [1.54, 1.807) is 6.07 Å². The lowest BCUT2D eigenvalue weighted by Gasteiger charge is -2.27. The van der Waals surface area contributed by atoms with Crippen molar-refractivity contribution < 1.29 is 14.3 Å². The minimum atomic E-state index is -1.23. The topological polar surface area (TPSA) is 52.6 Å². The molecule has 0 radical (unpaired) electrons. The largest absolute Gasteiger partial charge is 0.478 e. The van der Waals surface area contributed by atoms with E-state index in [9.17, 15) is 9.18 Å². The first-order valence-electron chi connectivity index (χ1n) is 6.17. The van der Waals surface area contributed by atoms with Crippen LogP contribution in [0.3, 0.4) is 0 Å². The number of aromatic carboxylic acids is 1. The van der Waals surface area contributed by atoms with Crippen LogP contribution in [-0.4, -0.2) is 29.2 Å². The van der Waals surface area contributed by atoms with Gasteiger partial charge in [-0.2, -0.15) is 0 Å². The van der Waals surface area contributed by atoms with E-state index in [0.717, 1.165) is 18.7 Å². The highest BCUT2D eigenvalue weighted by molar-refractivity contribution is 5.87. The van der Waals surface area contributed by atoms with Gasteiger partial charge in [0.05, 0.1) is 5.56 Å². The third-order valence-corrected chi connectivity index (χ3v) is 3.13. The lowest BCUT2D eigenvalue weighted by Crippen LogP contribution is -2.41. The molecule has 0 amide bonds. The average Bonchev–Trinajstić information content (AvgIpc) is 2.37. The lowest BCUT2D eigenvalue weighted by molar-refractivity contribution is 0.0692. The van der Waals surface area contributed by atoms with E-state index in [-0.39, 0.29) is 5.56 Å². The van der Waals surface area contributed by atoms with Crippen molar-refractivity contribution in [2.45, 2.75) is 25.8 Å². The smallest absolute Gasteiger partial charge is 0.338 e. The summed E-state index contributed by atoms with van der Waals surface area (Å²) < 4.78 is 13.4. The van der Waals surface area contributed by atoms with Gasteiger partial charge in [-0.15, -0.1) is 0 Å². The number of hydrazine groups is 1. The Hall–Kier alpha value is -1.46. The molecule has 0 spiro atoms. The van der Waals surface area contributed by atoms with Gasteiger partial charge in [-0.05, 0) is 30.5 Å². The number of halogens is 1. The second-order valence-electron chi connectivity index (χ2n) is 4.50. The SMILES string of the molecule is O=C(O)c1ccc(CNN2CCCCC2)cc1F. The molecule has 0 saturated carbocycles. The summed E-state index contributed by atoms with van der Waals surface area (Å²) in [5.74, 6) is -1.91. The highest BCUT2D eigenvalue weighted by Gasteiger charge is 2.12. The van der Waals surface area contributed by atoms with Crippen molar-refractivity contribution in [3.8, 4) is 0 Å². The van der Waals surface area contributed by atoms with Gasteiger partial charge in [0.1, 0.15) is 5.82 Å². The Balaban J connectivity index is 1.93. The number of nitrogens with zero attached hydrogens (tertiary/aromatic N) is 1. The molecule has 0 aliphatic carbocycles. The van der Waals surface area contributed by atoms with Gasteiger partial charge in [-0.25, -0.2) is 14.2 Å². The molecule has 1 saturated heterocycles. The Labute approximate surface area is 105 Å². The molecule has 0 atom stereocenters. The molecule has 5 heteroatoms. The van der Waals surface area contributed by atoms with Crippen LogP contribution in [0.15, 0.2) is 18.2 Å². The number of carbonyl (C=O) groups is 1. The minimum Gasteiger partial charge on any atom is -0.478 e. The molecule has 0 aromatic heterocycles. The zero-order chi connectivity index (χ0) is 13.0. The molecule has 4 nitrogen and oxygen atoms in total. The van der Waals surface area contributed by atoms with E-state index in [1.165, 1.54) is 31.4 Å². The van der Waals surface area contributed by atoms with E-state index in [2.05, 4.69) is 10.4 Å². The van der Waals surface area contributed by atoms with Crippen LogP contribution in [0.4, 0.5) is 4.39 Å². The Morgan fingerprint density at radius 3 is 2.67 bits per heavy atom. The number of benzene rings is 1. The summed E-state index contributed by atoms with van der Waals surface area (Å²) in [6.07, 6.45) is 3.62. The van der Waals surface area contributed by atoms with E-state index in [0.29, 0.717) is 6.54 Å². The third-order valence-electron chi connectivity index (χ3n) is 3.13. The van der Waals surface area contributed by atoms with Crippen LogP contribution in [-0.2, 0) is 6.54 Å². The first-order chi connectivity index (χ1) is 8.66. The normalized spacial score (nSPS) is 16.7. The Kier molecular flexibility index (Phi) is 4.28. The molecule has 0 unspecified atom stereocenters. The van der Waals surface area contributed by atoms with Gasteiger partial charge >= 0.3 is 5.97 Å². The van der Waals surface area contributed by atoms with Gasteiger partial charge in [0.2, 0.25) is 0 Å². The second-order valence-corrected chi connectivity index (χ2v) is 4.50. The fourth-order valence-corrected chi connectivity index (χ4v) is 2.10. The Morgan fingerprint density at radius 2 is 2.06 bits per heavy atom. The Morgan fingerprint density at radius 1 is 1.33 bits per heavy atom. The van der Waals surface area contributed by atoms with Crippen LogP contribution in [0, 0.1) is 5.82 Å². The van der Waals surface area contributed by atoms with E-state index < -0.39 is 11.8 Å². The molecule has 98 valence electrons. The maximum atomic E-state index is 13.4. The van der Waals surface area contributed by atoms with Crippen molar-refractivity contribution >= 4 is 5.97 Å². The molecule has 2 rings (SSSR count). The van der Waals surface area contributed by atoms with Crippen LogP contribution in [0.5, 0.6) is 0 Å². The van der Waals surface area contributed by atoms with Gasteiger partial charge in [-0.1, -0.05) is 12.5 Å². The van der Waals surface area contributed by atoms with Crippen LogP contribution >= 0.6 is 0 Å². The van der Waals surface area contributed by atoms with Crippen molar-refractivity contribution in [1.82, 2.24) is 10.4 Å². The molecule has 1 aliphatic heterocycles. The van der Waals surface area contributed by atoms with Crippen LogP contribution in [0.25, 0.3) is 0 Å². The summed E-state index contributed by atoms with van der Waals surface area (Å²) in [6, 6.07) is 4.23. The lowest BCUT2D eigenvalue weighted by atomic mass is 10.1. The molecule has 18 heavy (non-hydrogen) atoms. The molecule has 2 N–H and O–H groups in total.